The van der Waals surface area contributed by atoms with E-state index in [2.05, 4.69) is 16.9 Å². The Kier molecular flexibility index (Phi) is 5.05. The van der Waals surface area contributed by atoms with Gasteiger partial charge < -0.3 is 4.74 Å². The van der Waals surface area contributed by atoms with Crippen LogP contribution in [0.4, 0.5) is 0 Å². The predicted molar refractivity (Wildman–Crippen MR) is 64.4 cm³/mol. The second-order valence-electron chi connectivity index (χ2n) is 3.30. The fourth-order valence-electron chi connectivity index (χ4n) is 1.18. The van der Waals surface area contributed by atoms with Gasteiger partial charge in [-0.2, -0.15) is 5.11 Å². The molecule has 0 amide bonds. The maximum absolute atomic E-state index is 5.55. The minimum Gasteiger partial charge on any atom is -0.492 e. The van der Waals surface area contributed by atoms with Crippen molar-refractivity contribution >= 4 is 0 Å². The van der Waals surface area contributed by atoms with Gasteiger partial charge in [0.1, 0.15) is 12.4 Å². The van der Waals surface area contributed by atoms with Gasteiger partial charge in [0, 0.05) is 6.20 Å². The lowest BCUT2D eigenvalue weighted by molar-refractivity contribution is 0.251. The van der Waals surface area contributed by atoms with Crippen LogP contribution in [-0.4, -0.2) is 25.2 Å². The number of rotatable bonds is 6. The first-order valence-corrected chi connectivity index (χ1v) is 5.14. The lowest BCUT2D eigenvalue weighted by atomic mass is 10.2. The lowest BCUT2D eigenvalue weighted by Crippen LogP contribution is -2.17. The highest BCUT2D eigenvalue weighted by Gasteiger charge is 1.97. The maximum atomic E-state index is 5.55. The third-order valence-corrected chi connectivity index (χ3v) is 2.03. The van der Waals surface area contributed by atoms with Gasteiger partial charge in [0.2, 0.25) is 0 Å². The highest BCUT2D eigenvalue weighted by molar-refractivity contribution is 5.26. The van der Waals surface area contributed by atoms with E-state index >= 15 is 0 Å². The molecule has 0 bridgehead atoms. The van der Waals surface area contributed by atoms with Gasteiger partial charge >= 0.3 is 0 Å². The molecular formula is C12H17N3O. The Hall–Kier alpha value is -1.84. The smallest absolute Gasteiger partial charge is 0.119 e. The van der Waals surface area contributed by atoms with Crippen LogP contribution < -0.4 is 4.74 Å². The summed E-state index contributed by atoms with van der Waals surface area (Å²) in [6.45, 7) is 6.86. The maximum Gasteiger partial charge on any atom is 0.119 e. The molecule has 4 nitrogen and oxygen atoms in total. The summed E-state index contributed by atoms with van der Waals surface area (Å²) < 4.78 is 5.55. The summed E-state index contributed by atoms with van der Waals surface area (Å²) in [6, 6.07) is 7.95. The van der Waals surface area contributed by atoms with E-state index in [4.69, 9.17) is 4.74 Å². The topological polar surface area (TPSA) is 37.2 Å². The van der Waals surface area contributed by atoms with Crippen molar-refractivity contribution in [2.45, 2.75) is 6.92 Å². The van der Waals surface area contributed by atoms with Crippen molar-refractivity contribution in [2.75, 3.05) is 20.2 Å². The fourth-order valence-corrected chi connectivity index (χ4v) is 1.18. The largest absolute Gasteiger partial charge is 0.492 e. The summed E-state index contributed by atoms with van der Waals surface area (Å²) in [6.07, 6.45) is 1.62. The molecule has 0 radical (unpaired) electrons. The molecule has 1 rings (SSSR count). The number of hydrogen-bond donors (Lipinski definition) is 0. The molecule has 16 heavy (non-hydrogen) atoms. The van der Waals surface area contributed by atoms with E-state index in [-0.39, 0.29) is 0 Å². The zero-order chi connectivity index (χ0) is 11.8. The van der Waals surface area contributed by atoms with Crippen molar-refractivity contribution in [1.82, 2.24) is 5.01 Å². The van der Waals surface area contributed by atoms with E-state index in [0.29, 0.717) is 13.2 Å². The molecular weight excluding hydrogens is 202 g/mol. The molecule has 0 saturated carbocycles. The van der Waals surface area contributed by atoms with E-state index in [1.54, 1.807) is 18.3 Å². The normalized spacial score (nSPS) is 10.4. The van der Waals surface area contributed by atoms with Crippen LogP contribution in [0.2, 0.25) is 0 Å². The number of benzene rings is 1. The van der Waals surface area contributed by atoms with Crippen molar-refractivity contribution in [3.8, 4) is 5.75 Å². The molecule has 0 aromatic heterocycles. The molecule has 0 unspecified atom stereocenters. The fraction of sp³-hybridized carbons (Fsp3) is 0.333. The van der Waals surface area contributed by atoms with E-state index in [1.807, 2.05) is 31.2 Å². The summed E-state index contributed by atoms with van der Waals surface area (Å²) >= 11 is 0. The molecule has 0 fully saturated rings. The SMILES string of the molecule is C=CN(CCOc1ccc(C)cc1)N=NC. The minimum absolute atomic E-state index is 0.550. The van der Waals surface area contributed by atoms with Gasteiger partial charge in [-0.1, -0.05) is 29.5 Å². The Bertz CT molecular complexity index is 346. The Morgan fingerprint density at radius 3 is 2.62 bits per heavy atom. The van der Waals surface area contributed by atoms with Crippen LogP contribution in [0.15, 0.2) is 47.4 Å². The average molecular weight is 219 g/mol. The Balaban J connectivity index is 2.34. The second-order valence-corrected chi connectivity index (χ2v) is 3.30. The number of nitrogens with zero attached hydrogens (tertiary/aromatic N) is 3. The quantitative estimate of drug-likeness (QED) is 0.545. The molecule has 1 aromatic carbocycles. The first kappa shape index (κ1) is 12.2. The van der Waals surface area contributed by atoms with Crippen molar-refractivity contribution in [1.29, 1.82) is 0 Å². The molecule has 4 heteroatoms. The highest BCUT2D eigenvalue weighted by atomic mass is 16.5. The summed E-state index contributed by atoms with van der Waals surface area (Å²) in [5, 5.41) is 9.15. The van der Waals surface area contributed by atoms with Crippen LogP contribution in [-0.2, 0) is 0 Å². The van der Waals surface area contributed by atoms with Crippen LogP contribution in [0.5, 0.6) is 5.75 Å². The van der Waals surface area contributed by atoms with E-state index in [9.17, 15) is 0 Å². The van der Waals surface area contributed by atoms with Gasteiger partial charge in [0.25, 0.3) is 0 Å². The van der Waals surface area contributed by atoms with Gasteiger partial charge in [-0.25, -0.2) is 0 Å². The average Bonchev–Trinajstić information content (AvgIpc) is 2.30. The van der Waals surface area contributed by atoms with Crippen molar-refractivity contribution in [3.05, 3.63) is 42.6 Å². The zero-order valence-corrected chi connectivity index (χ0v) is 9.76. The van der Waals surface area contributed by atoms with Crippen molar-refractivity contribution in [3.63, 3.8) is 0 Å². The molecule has 1 aromatic rings. The summed E-state index contributed by atoms with van der Waals surface area (Å²) in [7, 11) is 1.62. The molecule has 0 aliphatic heterocycles. The standard InChI is InChI=1S/C12H17N3O/c1-4-15(14-13-3)9-10-16-12-7-5-11(2)6-8-12/h4-8H,1,9-10H2,2-3H3. The van der Waals surface area contributed by atoms with Crippen LogP contribution in [0.25, 0.3) is 0 Å². The molecule has 0 saturated heterocycles. The van der Waals surface area contributed by atoms with E-state index in [1.165, 1.54) is 5.56 Å². The highest BCUT2D eigenvalue weighted by Crippen LogP contribution is 2.11. The van der Waals surface area contributed by atoms with Crippen molar-refractivity contribution < 1.29 is 4.74 Å². The first-order chi connectivity index (χ1) is 7.76. The zero-order valence-electron chi connectivity index (χ0n) is 9.76. The second kappa shape index (κ2) is 6.61. The van der Waals surface area contributed by atoms with Crippen LogP contribution in [0, 0.1) is 6.92 Å². The minimum atomic E-state index is 0.550. The molecule has 0 aliphatic rings. The van der Waals surface area contributed by atoms with Gasteiger partial charge in [0.05, 0.1) is 13.6 Å². The third-order valence-electron chi connectivity index (χ3n) is 2.03. The van der Waals surface area contributed by atoms with Crippen LogP contribution in [0.1, 0.15) is 5.56 Å². The molecule has 0 N–H and O–H groups in total. The van der Waals surface area contributed by atoms with Crippen LogP contribution in [0.3, 0.4) is 0 Å². The molecule has 0 spiro atoms. The number of aryl methyl sites for hydroxylation is 1. The predicted octanol–water partition coefficient (Wildman–Crippen LogP) is 2.82. The third kappa shape index (κ3) is 4.13. The monoisotopic (exact) mass is 219 g/mol. The lowest BCUT2D eigenvalue weighted by Gasteiger charge is -2.12. The summed E-state index contributed by atoms with van der Waals surface area (Å²) in [5.41, 5.74) is 1.22. The number of ether oxygens (including phenoxy) is 1. The summed E-state index contributed by atoms with van der Waals surface area (Å²) in [5.74, 6) is 0.864. The molecule has 0 heterocycles. The van der Waals surface area contributed by atoms with Crippen LogP contribution >= 0.6 is 0 Å². The first-order valence-electron chi connectivity index (χ1n) is 5.14. The van der Waals surface area contributed by atoms with E-state index in [0.717, 1.165) is 5.75 Å². The summed E-state index contributed by atoms with van der Waals surface area (Å²) in [4.78, 5) is 0. The van der Waals surface area contributed by atoms with Gasteiger partial charge in [-0.3, -0.25) is 5.01 Å². The van der Waals surface area contributed by atoms with Gasteiger partial charge in [-0.05, 0) is 19.1 Å². The van der Waals surface area contributed by atoms with E-state index < -0.39 is 0 Å². The van der Waals surface area contributed by atoms with Crippen molar-refractivity contribution in [2.24, 2.45) is 10.3 Å². The van der Waals surface area contributed by atoms with Gasteiger partial charge in [0.15, 0.2) is 0 Å². The molecule has 86 valence electrons. The Morgan fingerprint density at radius 2 is 2.06 bits per heavy atom. The Labute approximate surface area is 96.2 Å². The Morgan fingerprint density at radius 1 is 1.38 bits per heavy atom. The number of hydrogen-bond acceptors (Lipinski definition) is 3. The van der Waals surface area contributed by atoms with Gasteiger partial charge in [-0.15, -0.1) is 0 Å². The molecule has 0 atom stereocenters. The molecule has 0 aliphatic carbocycles.